The molecular weight excluding hydrogens is 528 g/mol. The molecule has 0 aliphatic carbocycles. The van der Waals surface area contributed by atoms with Gasteiger partial charge in [-0.3, -0.25) is 15.1 Å². The lowest BCUT2D eigenvalue weighted by Crippen LogP contribution is -2.71. The summed E-state index contributed by atoms with van der Waals surface area (Å²) in [5.74, 6) is -3.07. The van der Waals surface area contributed by atoms with Crippen molar-refractivity contribution in [3.63, 3.8) is 0 Å². The molecular formula is C28H30N8O3S. The van der Waals surface area contributed by atoms with Crippen LogP contribution < -0.4 is 20.9 Å². The van der Waals surface area contributed by atoms with E-state index in [-0.39, 0.29) is 0 Å². The van der Waals surface area contributed by atoms with Crippen LogP contribution in [0.3, 0.4) is 0 Å². The number of piperidine rings is 1. The molecule has 4 heterocycles. The molecule has 4 N–H and O–H groups in total. The summed E-state index contributed by atoms with van der Waals surface area (Å²) in [4.78, 5) is 41.7. The molecule has 0 radical (unpaired) electrons. The Hall–Kier alpha value is -4.34. The summed E-state index contributed by atoms with van der Waals surface area (Å²) in [5, 5.41) is 28.9. The number of anilines is 1. The van der Waals surface area contributed by atoms with E-state index in [1.54, 1.807) is 43.2 Å². The molecule has 3 unspecified atom stereocenters. The van der Waals surface area contributed by atoms with Gasteiger partial charge in [0.2, 0.25) is 5.79 Å². The number of nitrogens with one attached hydrogen (secondary N) is 3. The number of carbonyl (C=O) groups is 2. The molecule has 3 atom stereocenters. The van der Waals surface area contributed by atoms with Crippen molar-refractivity contribution in [3.8, 4) is 17.3 Å². The van der Waals surface area contributed by atoms with Gasteiger partial charge in [0.1, 0.15) is 6.07 Å². The van der Waals surface area contributed by atoms with Gasteiger partial charge in [0, 0.05) is 43.0 Å². The Labute approximate surface area is 235 Å². The van der Waals surface area contributed by atoms with Crippen molar-refractivity contribution >= 4 is 45.5 Å². The van der Waals surface area contributed by atoms with E-state index in [1.807, 2.05) is 30.9 Å². The number of allylic oxidation sites excluding steroid dienone is 1. The average molecular weight is 559 g/mol. The van der Waals surface area contributed by atoms with E-state index in [0.29, 0.717) is 43.0 Å². The van der Waals surface area contributed by atoms with Gasteiger partial charge in [0.05, 0.1) is 38.3 Å². The van der Waals surface area contributed by atoms with Crippen LogP contribution in [0.15, 0.2) is 47.2 Å². The number of thiazole rings is 1. The van der Waals surface area contributed by atoms with Gasteiger partial charge in [-0.05, 0) is 63.6 Å². The van der Waals surface area contributed by atoms with Crippen LogP contribution in [-0.4, -0.2) is 58.7 Å². The van der Waals surface area contributed by atoms with Gasteiger partial charge in [-0.15, -0.1) is 11.3 Å². The largest absolute Gasteiger partial charge is 0.481 e. The third kappa shape index (κ3) is 4.57. The van der Waals surface area contributed by atoms with Crippen LogP contribution in [0.25, 0.3) is 21.5 Å². The highest BCUT2D eigenvalue weighted by Crippen LogP contribution is 2.46. The summed E-state index contributed by atoms with van der Waals surface area (Å²) in [7, 11) is 0. The lowest BCUT2D eigenvalue weighted by Gasteiger charge is -2.52. The van der Waals surface area contributed by atoms with Crippen molar-refractivity contribution in [2.45, 2.75) is 33.0 Å². The number of fused-ring (bicyclic) bond motifs is 1. The van der Waals surface area contributed by atoms with Crippen LogP contribution in [0.5, 0.6) is 0 Å². The lowest BCUT2D eigenvalue weighted by molar-refractivity contribution is -0.155. The third-order valence-electron chi connectivity index (χ3n) is 7.66. The summed E-state index contributed by atoms with van der Waals surface area (Å²) in [6.45, 7) is 6.67. The molecule has 1 aromatic carbocycles. The van der Waals surface area contributed by atoms with E-state index in [2.05, 4.69) is 32.0 Å². The van der Waals surface area contributed by atoms with E-state index < -0.39 is 29.1 Å². The quantitative estimate of drug-likeness (QED) is 0.358. The minimum atomic E-state index is -1.47. The number of carbonyl (C=O) groups excluding carboxylic acids is 1. The first-order valence-corrected chi connectivity index (χ1v) is 13.9. The molecule has 3 aromatic rings. The number of hydrogen-bond donors (Lipinski definition) is 4. The maximum atomic E-state index is 13.1. The van der Waals surface area contributed by atoms with Crippen LogP contribution >= 0.6 is 11.3 Å². The minimum absolute atomic E-state index is 0.318. The van der Waals surface area contributed by atoms with E-state index in [1.165, 1.54) is 11.3 Å². The Morgan fingerprint density at radius 2 is 2.15 bits per heavy atom. The van der Waals surface area contributed by atoms with Gasteiger partial charge in [-0.25, -0.2) is 14.8 Å². The predicted molar refractivity (Wildman–Crippen MR) is 154 cm³/mol. The Bertz CT molecular complexity index is 1580. The van der Waals surface area contributed by atoms with Crippen LogP contribution in [0.4, 0.5) is 10.5 Å². The highest BCUT2D eigenvalue weighted by Gasteiger charge is 2.57. The van der Waals surface area contributed by atoms with Crippen LogP contribution in [0, 0.1) is 29.6 Å². The third-order valence-corrected chi connectivity index (χ3v) is 8.54. The molecule has 1 fully saturated rings. The van der Waals surface area contributed by atoms with Crippen LogP contribution in [0.2, 0.25) is 0 Å². The summed E-state index contributed by atoms with van der Waals surface area (Å²) in [6.07, 6.45) is 7.05. The predicted octanol–water partition coefficient (Wildman–Crippen LogP) is 3.62. The number of urea groups is 1. The average Bonchev–Trinajstić information content (AvgIpc) is 3.42. The Morgan fingerprint density at radius 3 is 2.88 bits per heavy atom. The molecule has 0 bridgehead atoms. The molecule has 0 saturated carbocycles. The molecule has 2 aliphatic heterocycles. The second-order valence-corrected chi connectivity index (χ2v) is 11.0. The molecule has 0 spiro atoms. The summed E-state index contributed by atoms with van der Waals surface area (Å²) in [5.41, 5.74) is 4.76. The van der Waals surface area contributed by atoms with E-state index in [4.69, 9.17) is 4.99 Å². The molecule has 2 aliphatic rings. The number of carboxylic acids is 1. The zero-order valence-corrected chi connectivity index (χ0v) is 23.2. The number of hydrogen-bond acceptors (Lipinski definition) is 9. The molecule has 2 aromatic heterocycles. The van der Waals surface area contributed by atoms with Gasteiger partial charge in [-0.2, -0.15) is 5.26 Å². The summed E-state index contributed by atoms with van der Waals surface area (Å²) in [6, 6.07) is 7.32. The fraction of sp³-hybridized carbons (Fsp3) is 0.357. The zero-order valence-electron chi connectivity index (χ0n) is 22.4. The number of aliphatic imine (C=N–C) groups is 1. The SMILES string of the molecule is CCNC(=O)NC1(C2CNCCC2(C)C(=O)O)N=CC=CN1c1cc(-c2ncc(C#N)cc2C)c2scnc2c1. The molecule has 5 rings (SSSR count). The molecule has 206 valence electrons. The first-order valence-electron chi connectivity index (χ1n) is 13.0. The van der Waals surface area contributed by atoms with Crippen molar-refractivity contribution in [1.29, 1.82) is 5.26 Å². The number of benzene rings is 1. The Morgan fingerprint density at radius 1 is 1.32 bits per heavy atom. The number of carboxylic acid groups (broad SMARTS) is 1. The minimum Gasteiger partial charge on any atom is -0.481 e. The highest BCUT2D eigenvalue weighted by molar-refractivity contribution is 7.17. The van der Waals surface area contributed by atoms with Crippen molar-refractivity contribution in [1.82, 2.24) is 25.9 Å². The lowest BCUT2D eigenvalue weighted by atomic mass is 9.68. The highest BCUT2D eigenvalue weighted by atomic mass is 32.1. The van der Waals surface area contributed by atoms with E-state index in [0.717, 1.165) is 21.3 Å². The van der Waals surface area contributed by atoms with E-state index >= 15 is 0 Å². The molecule has 1 saturated heterocycles. The first kappa shape index (κ1) is 27.2. The van der Waals surface area contributed by atoms with Crippen molar-refractivity contribution in [3.05, 3.63) is 53.3 Å². The fourth-order valence-corrected chi connectivity index (χ4v) is 6.36. The van der Waals surface area contributed by atoms with Crippen molar-refractivity contribution < 1.29 is 14.7 Å². The Balaban J connectivity index is 1.73. The van der Waals surface area contributed by atoms with Gasteiger partial charge < -0.3 is 20.6 Å². The molecule has 11 nitrogen and oxygen atoms in total. The first-order chi connectivity index (χ1) is 19.2. The summed E-state index contributed by atoms with van der Waals surface area (Å²) < 4.78 is 0.922. The number of nitriles is 1. The number of aryl methyl sites for hydroxylation is 1. The van der Waals surface area contributed by atoms with Gasteiger partial charge in [0.15, 0.2) is 0 Å². The topological polar surface area (TPSA) is 156 Å². The number of aliphatic carboxylic acids is 1. The maximum absolute atomic E-state index is 13.1. The van der Waals surface area contributed by atoms with Gasteiger partial charge in [0.25, 0.3) is 0 Å². The van der Waals surface area contributed by atoms with Crippen molar-refractivity contribution in [2.75, 3.05) is 24.5 Å². The zero-order chi connectivity index (χ0) is 28.5. The number of amides is 2. The smallest absolute Gasteiger partial charge is 0.318 e. The monoisotopic (exact) mass is 558 g/mol. The van der Waals surface area contributed by atoms with Gasteiger partial charge >= 0.3 is 12.0 Å². The standard InChI is InChI=1S/C28H30N8O3S/c1-4-31-26(39)35-28(22-15-30-8-6-27(22,3)25(37)38)34-7-5-9-36(28)19-11-20(24-21(12-19)33-16-40-24)23-17(2)10-18(13-29)14-32-23/h5,7,9-12,14,16,22,30H,4,6,8,15H2,1-3H3,(H,37,38)(H2,31,35,39). The number of rotatable bonds is 6. The number of nitrogens with zero attached hydrogens (tertiary/aromatic N) is 5. The van der Waals surface area contributed by atoms with Gasteiger partial charge in [-0.1, -0.05) is 0 Å². The Kier molecular flexibility index (Phi) is 7.27. The second-order valence-electron chi connectivity index (χ2n) is 10.1. The van der Waals surface area contributed by atoms with Crippen molar-refractivity contribution in [2.24, 2.45) is 16.3 Å². The summed E-state index contributed by atoms with van der Waals surface area (Å²) >= 11 is 1.48. The van der Waals surface area contributed by atoms with Crippen LogP contribution in [-0.2, 0) is 4.79 Å². The number of aromatic nitrogens is 2. The molecule has 12 heteroatoms. The molecule has 40 heavy (non-hydrogen) atoms. The van der Waals surface area contributed by atoms with E-state index in [9.17, 15) is 20.0 Å². The number of pyridine rings is 1. The maximum Gasteiger partial charge on any atom is 0.318 e. The second kappa shape index (κ2) is 10.7. The molecule has 2 amide bonds. The fourth-order valence-electron chi connectivity index (χ4n) is 5.57. The normalized spacial score (nSPS) is 24.1. The van der Waals surface area contributed by atoms with Crippen LogP contribution in [0.1, 0.15) is 31.4 Å².